The number of amides is 2. The van der Waals surface area contributed by atoms with Crippen LogP contribution < -0.4 is 10.6 Å². The Morgan fingerprint density at radius 3 is 2.26 bits per heavy atom. The molecule has 2 aromatic rings. The highest BCUT2D eigenvalue weighted by Gasteiger charge is 2.23. The number of halogens is 2. The Bertz CT molecular complexity index is 963. The van der Waals surface area contributed by atoms with E-state index < -0.39 is 34.1 Å². The monoisotopic (exact) mass is 397 g/mol. The van der Waals surface area contributed by atoms with Crippen LogP contribution in [0.15, 0.2) is 47.4 Å². The van der Waals surface area contributed by atoms with E-state index in [4.69, 9.17) is 0 Å². The predicted octanol–water partition coefficient (Wildman–Crippen LogP) is 2.18. The molecule has 0 saturated carbocycles. The van der Waals surface area contributed by atoms with E-state index in [1.807, 2.05) is 0 Å². The molecule has 2 amide bonds. The second-order valence-corrected chi connectivity index (χ2v) is 7.68. The maximum absolute atomic E-state index is 13.6. The topological polar surface area (TPSA) is 95.6 Å². The van der Waals surface area contributed by atoms with Gasteiger partial charge < -0.3 is 10.6 Å². The lowest BCUT2D eigenvalue weighted by Crippen LogP contribution is -2.35. The molecule has 2 N–H and O–H groups in total. The van der Waals surface area contributed by atoms with Crippen molar-refractivity contribution >= 4 is 33.2 Å². The fourth-order valence-corrected chi connectivity index (χ4v) is 3.29. The molecule has 0 aliphatic carbocycles. The summed E-state index contributed by atoms with van der Waals surface area (Å²) in [6.07, 6.45) is 0. The van der Waals surface area contributed by atoms with Gasteiger partial charge in [0, 0.05) is 25.7 Å². The first-order valence-corrected chi connectivity index (χ1v) is 9.12. The van der Waals surface area contributed by atoms with Crippen LogP contribution in [0.4, 0.5) is 20.2 Å². The minimum Gasteiger partial charge on any atom is -0.326 e. The fraction of sp³-hybridized carbons (Fsp3) is 0.176. The summed E-state index contributed by atoms with van der Waals surface area (Å²) in [5, 5.41) is 4.63. The lowest BCUT2D eigenvalue weighted by Gasteiger charge is -2.17. The third-order valence-electron chi connectivity index (χ3n) is 3.45. The highest BCUT2D eigenvalue weighted by atomic mass is 32.2. The first-order chi connectivity index (χ1) is 12.6. The van der Waals surface area contributed by atoms with E-state index in [0.717, 1.165) is 22.5 Å². The summed E-state index contributed by atoms with van der Waals surface area (Å²) < 4.78 is 52.5. The zero-order valence-corrected chi connectivity index (χ0v) is 15.3. The number of nitrogens with one attached hydrogen (secondary N) is 2. The molecule has 0 spiro atoms. The van der Waals surface area contributed by atoms with Gasteiger partial charge >= 0.3 is 0 Å². The normalized spacial score (nSPS) is 11.3. The average molecular weight is 397 g/mol. The molecule has 10 heteroatoms. The summed E-state index contributed by atoms with van der Waals surface area (Å²) in [6.45, 7) is 0.713. The summed E-state index contributed by atoms with van der Waals surface area (Å²) in [6, 6.07) is 7.91. The average Bonchev–Trinajstić information content (AvgIpc) is 2.58. The Morgan fingerprint density at radius 2 is 1.67 bits per heavy atom. The van der Waals surface area contributed by atoms with Crippen molar-refractivity contribution in [3.63, 3.8) is 0 Å². The number of carbonyl (C=O) groups is 2. The second-order valence-electron chi connectivity index (χ2n) is 5.64. The summed E-state index contributed by atoms with van der Waals surface area (Å²) >= 11 is 0. The standard InChI is InChI=1S/C17H17F2N3O4S/c1-11(23)20-13-4-6-14(7-5-13)27(25,26)22(2)10-17(24)21-16-9-12(18)3-8-15(16)19/h3-9H,10H2,1-2H3,(H,20,23)(H,21,24). The molecule has 2 rings (SSSR count). The van der Waals surface area contributed by atoms with Crippen molar-refractivity contribution in [3.05, 3.63) is 54.1 Å². The summed E-state index contributed by atoms with van der Waals surface area (Å²) in [4.78, 5) is 22.9. The van der Waals surface area contributed by atoms with Gasteiger partial charge in [0.2, 0.25) is 21.8 Å². The van der Waals surface area contributed by atoms with Crippen molar-refractivity contribution in [2.24, 2.45) is 0 Å². The number of nitrogens with zero attached hydrogens (tertiary/aromatic N) is 1. The number of sulfonamides is 1. The SMILES string of the molecule is CC(=O)Nc1ccc(S(=O)(=O)N(C)CC(=O)Nc2cc(F)ccc2F)cc1. The molecular weight excluding hydrogens is 380 g/mol. The van der Waals surface area contributed by atoms with Crippen molar-refractivity contribution in [3.8, 4) is 0 Å². The molecule has 27 heavy (non-hydrogen) atoms. The lowest BCUT2D eigenvalue weighted by atomic mass is 10.3. The van der Waals surface area contributed by atoms with E-state index in [1.165, 1.54) is 38.2 Å². The summed E-state index contributed by atoms with van der Waals surface area (Å²) in [5.41, 5.74) is 0.0360. The van der Waals surface area contributed by atoms with Gasteiger partial charge in [0.15, 0.2) is 0 Å². The number of anilines is 2. The Hall–Kier alpha value is -2.85. The number of hydrogen-bond acceptors (Lipinski definition) is 4. The highest BCUT2D eigenvalue weighted by molar-refractivity contribution is 7.89. The molecule has 0 atom stereocenters. The Kier molecular flexibility index (Phi) is 6.24. The highest BCUT2D eigenvalue weighted by Crippen LogP contribution is 2.18. The van der Waals surface area contributed by atoms with E-state index in [2.05, 4.69) is 10.6 Å². The largest absolute Gasteiger partial charge is 0.326 e. The van der Waals surface area contributed by atoms with Crippen molar-refractivity contribution in [1.82, 2.24) is 4.31 Å². The third-order valence-corrected chi connectivity index (χ3v) is 5.27. The number of benzene rings is 2. The maximum Gasteiger partial charge on any atom is 0.243 e. The Morgan fingerprint density at radius 1 is 1.04 bits per heavy atom. The van der Waals surface area contributed by atoms with Crippen molar-refractivity contribution in [1.29, 1.82) is 0 Å². The minimum atomic E-state index is -4.00. The minimum absolute atomic E-state index is 0.0937. The summed E-state index contributed by atoms with van der Waals surface area (Å²) in [5.74, 6) is -2.72. The van der Waals surface area contributed by atoms with Gasteiger partial charge in [-0.1, -0.05) is 0 Å². The fourth-order valence-electron chi connectivity index (χ4n) is 2.16. The second kappa shape index (κ2) is 8.23. The quantitative estimate of drug-likeness (QED) is 0.781. The predicted molar refractivity (Wildman–Crippen MR) is 95.5 cm³/mol. The molecule has 7 nitrogen and oxygen atoms in total. The van der Waals surface area contributed by atoms with Crippen molar-refractivity contribution in [2.75, 3.05) is 24.2 Å². The first kappa shape index (κ1) is 20.5. The number of rotatable bonds is 6. The maximum atomic E-state index is 13.6. The van der Waals surface area contributed by atoms with Crippen LogP contribution in [0.2, 0.25) is 0 Å². The van der Waals surface area contributed by atoms with Gasteiger partial charge in [-0.15, -0.1) is 0 Å². The van der Waals surface area contributed by atoms with Gasteiger partial charge in [0.1, 0.15) is 11.6 Å². The van der Waals surface area contributed by atoms with Crippen molar-refractivity contribution < 1.29 is 26.8 Å². The molecule has 0 radical (unpaired) electrons. The number of likely N-dealkylation sites (N-methyl/N-ethyl adjacent to an activating group) is 1. The van der Waals surface area contributed by atoms with Gasteiger partial charge in [0.25, 0.3) is 0 Å². The zero-order chi connectivity index (χ0) is 20.2. The summed E-state index contributed by atoms with van der Waals surface area (Å²) in [7, 11) is -2.82. The van der Waals surface area contributed by atoms with E-state index in [-0.39, 0.29) is 16.5 Å². The van der Waals surface area contributed by atoms with Gasteiger partial charge in [0.05, 0.1) is 17.1 Å². The lowest BCUT2D eigenvalue weighted by molar-refractivity contribution is -0.116. The van der Waals surface area contributed by atoms with Gasteiger partial charge in [-0.2, -0.15) is 4.31 Å². The van der Waals surface area contributed by atoms with Crippen LogP contribution in [0.25, 0.3) is 0 Å². The van der Waals surface area contributed by atoms with Gasteiger partial charge in [-0.05, 0) is 36.4 Å². The van der Waals surface area contributed by atoms with Crippen molar-refractivity contribution in [2.45, 2.75) is 11.8 Å². The Balaban J connectivity index is 2.09. The molecule has 0 aromatic heterocycles. The molecule has 0 fully saturated rings. The first-order valence-electron chi connectivity index (χ1n) is 7.68. The van der Waals surface area contributed by atoms with Crippen LogP contribution in [0.3, 0.4) is 0 Å². The van der Waals surface area contributed by atoms with E-state index in [9.17, 15) is 26.8 Å². The molecule has 0 unspecified atom stereocenters. The molecule has 144 valence electrons. The molecule has 0 saturated heterocycles. The molecular formula is C17H17F2N3O4S. The smallest absolute Gasteiger partial charge is 0.243 e. The zero-order valence-electron chi connectivity index (χ0n) is 14.5. The third kappa shape index (κ3) is 5.31. The molecule has 0 heterocycles. The van der Waals surface area contributed by atoms with Gasteiger partial charge in [-0.3, -0.25) is 9.59 Å². The molecule has 2 aromatic carbocycles. The van der Waals surface area contributed by atoms with Crippen LogP contribution in [-0.2, 0) is 19.6 Å². The van der Waals surface area contributed by atoms with Crippen LogP contribution in [0.5, 0.6) is 0 Å². The van der Waals surface area contributed by atoms with E-state index >= 15 is 0 Å². The van der Waals surface area contributed by atoms with Crippen LogP contribution in [0, 0.1) is 11.6 Å². The van der Waals surface area contributed by atoms with Gasteiger partial charge in [-0.25, -0.2) is 17.2 Å². The van der Waals surface area contributed by atoms with E-state index in [0.29, 0.717) is 5.69 Å². The van der Waals surface area contributed by atoms with Crippen LogP contribution in [0.1, 0.15) is 6.92 Å². The molecule has 0 bridgehead atoms. The van der Waals surface area contributed by atoms with Crippen LogP contribution >= 0.6 is 0 Å². The Labute approximate surface area is 155 Å². The molecule has 0 aliphatic rings. The number of carbonyl (C=O) groups excluding carboxylic acids is 2. The van der Waals surface area contributed by atoms with Crippen LogP contribution in [-0.4, -0.2) is 38.1 Å². The van der Waals surface area contributed by atoms with E-state index in [1.54, 1.807) is 0 Å². The molecule has 0 aliphatic heterocycles. The number of hydrogen-bond donors (Lipinski definition) is 2.